The monoisotopic (exact) mass is 358 g/mol. The van der Waals surface area contributed by atoms with Gasteiger partial charge in [-0.1, -0.05) is 42.5 Å². The molecular formula is C21H18N4O2. The summed E-state index contributed by atoms with van der Waals surface area (Å²) < 4.78 is 1.99. The van der Waals surface area contributed by atoms with E-state index in [1.54, 1.807) is 18.6 Å². The number of nitrogens with zero attached hydrogens (tertiary/aromatic N) is 2. The molecule has 0 fully saturated rings. The third-order valence-corrected chi connectivity index (χ3v) is 4.36. The fourth-order valence-electron chi connectivity index (χ4n) is 3.10. The Morgan fingerprint density at radius 3 is 2.78 bits per heavy atom. The molecule has 0 aliphatic carbocycles. The Morgan fingerprint density at radius 2 is 1.93 bits per heavy atom. The minimum Gasteiger partial charge on any atom is -0.348 e. The van der Waals surface area contributed by atoms with E-state index < -0.39 is 0 Å². The number of rotatable bonds is 5. The molecule has 0 aliphatic heterocycles. The first-order valence-corrected chi connectivity index (χ1v) is 8.63. The second-order valence-corrected chi connectivity index (χ2v) is 6.33. The van der Waals surface area contributed by atoms with Crippen LogP contribution in [-0.4, -0.2) is 20.4 Å². The van der Waals surface area contributed by atoms with E-state index in [1.165, 1.54) is 6.07 Å². The van der Waals surface area contributed by atoms with E-state index in [-0.39, 0.29) is 11.5 Å². The molecule has 4 aromatic rings. The minimum atomic E-state index is -0.291. The van der Waals surface area contributed by atoms with Crippen molar-refractivity contribution < 1.29 is 4.79 Å². The van der Waals surface area contributed by atoms with Gasteiger partial charge in [0.05, 0.1) is 11.9 Å². The summed E-state index contributed by atoms with van der Waals surface area (Å²) >= 11 is 0. The maximum absolute atomic E-state index is 12.6. The standard InChI is InChI=1S/C21H18N4O2/c26-20-11-18(17-6-1-2-7-19(17)24-20)21(27)23-12-15-4-3-5-16(10-15)13-25-9-8-22-14-25/h1-11,14H,12-13H2,(H,23,27)(H,24,26). The lowest BCUT2D eigenvalue weighted by molar-refractivity contribution is 0.0952. The number of hydrogen-bond donors (Lipinski definition) is 2. The number of pyridine rings is 1. The maximum atomic E-state index is 12.6. The minimum absolute atomic E-state index is 0.266. The maximum Gasteiger partial charge on any atom is 0.252 e. The molecule has 4 rings (SSSR count). The van der Waals surface area contributed by atoms with Crippen LogP contribution >= 0.6 is 0 Å². The van der Waals surface area contributed by atoms with Crippen LogP contribution in [0.25, 0.3) is 10.9 Å². The molecule has 0 bridgehead atoms. The molecule has 0 saturated carbocycles. The Morgan fingerprint density at radius 1 is 1.07 bits per heavy atom. The molecule has 0 saturated heterocycles. The Balaban J connectivity index is 1.51. The van der Waals surface area contributed by atoms with E-state index in [0.29, 0.717) is 17.6 Å². The quantitative estimate of drug-likeness (QED) is 0.576. The molecule has 0 spiro atoms. The fraction of sp³-hybridized carbons (Fsp3) is 0.0952. The Hall–Kier alpha value is -3.67. The molecule has 0 unspecified atom stereocenters. The number of aromatic nitrogens is 3. The molecule has 2 aromatic heterocycles. The van der Waals surface area contributed by atoms with Crippen molar-refractivity contribution in [3.63, 3.8) is 0 Å². The van der Waals surface area contributed by atoms with Crippen molar-refractivity contribution in [2.75, 3.05) is 0 Å². The Bertz CT molecular complexity index is 1150. The molecule has 2 aromatic carbocycles. The molecule has 2 heterocycles. The Labute approximate surface area is 155 Å². The summed E-state index contributed by atoms with van der Waals surface area (Å²) in [6, 6.07) is 16.6. The van der Waals surface area contributed by atoms with Crippen LogP contribution in [0.3, 0.4) is 0 Å². The number of H-pyrrole nitrogens is 1. The van der Waals surface area contributed by atoms with Crippen molar-refractivity contribution in [3.05, 3.63) is 100 Å². The number of nitrogens with one attached hydrogen (secondary N) is 2. The van der Waals surface area contributed by atoms with Gasteiger partial charge >= 0.3 is 0 Å². The topological polar surface area (TPSA) is 79.8 Å². The smallest absolute Gasteiger partial charge is 0.252 e. The first-order chi connectivity index (χ1) is 13.2. The van der Waals surface area contributed by atoms with Gasteiger partial charge in [0.25, 0.3) is 5.91 Å². The first-order valence-electron chi connectivity index (χ1n) is 8.63. The number of hydrogen-bond acceptors (Lipinski definition) is 3. The van der Waals surface area contributed by atoms with Crippen LogP contribution in [0.15, 0.2) is 78.1 Å². The second kappa shape index (κ2) is 7.29. The van der Waals surface area contributed by atoms with E-state index in [9.17, 15) is 9.59 Å². The summed E-state index contributed by atoms with van der Waals surface area (Å²) in [6.45, 7) is 1.11. The zero-order chi connectivity index (χ0) is 18.6. The zero-order valence-corrected chi connectivity index (χ0v) is 14.6. The largest absolute Gasteiger partial charge is 0.348 e. The third-order valence-electron chi connectivity index (χ3n) is 4.36. The molecule has 0 radical (unpaired) electrons. The number of benzene rings is 2. The zero-order valence-electron chi connectivity index (χ0n) is 14.6. The van der Waals surface area contributed by atoms with Crippen LogP contribution in [0, 0.1) is 0 Å². The molecule has 2 N–H and O–H groups in total. The van der Waals surface area contributed by atoms with Gasteiger partial charge in [0.15, 0.2) is 0 Å². The normalized spacial score (nSPS) is 10.8. The van der Waals surface area contributed by atoms with Crippen molar-refractivity contribution >= 4 is 16.8 Å². The van der Waals surface area contributed by atoms with E-state index in [4.69, 9.17) is 0 Å². The average Bonchev–Trinajstić information content (AvgIpc) is 3.18. The van der Waals surface area contributed by atoms with Gasteiger partial charge in [0.2, 0.25) is 5.56 Å². The third kappa shape index (κ3) is 3.79. The van der Waals surface area contributed by atoms with Gasteiger partial charge in [0, 0.05) is 42.5 Å². The number of aromatic amines is 1. The summed E-state index contributed by atoms with van der Waals surface area (Å²) in [6.07, 6.45) is 5.43. The molecule has 1 amide bonds. The summed E-state index contributed by atoms with van der Waals surface area (Å²) in [5, 5.41) is 3.64. The highest BCUT2D eigenvalue weighted by Crippen LogP contribution is 2.15. The number of fused-ring (bicyclic) bond motifs is 1. The SMILES string of the molecule is O=C(NCc1cccc(Cn2ccnc2)c1)c1cc(=O)[nH]c2ccccc12. The average molecular weight is 358 g/mol. The van der Waals surface area contributed by atoms with Crippen LogP contribution in [0.5, 0.6) is 0 Å². The van der Waals surface area contributed by atoms with Gasteiger partial charge in [-0.25, -0.2) is 4.98 Å². The van der Waals surface area contributed by atoms with Gasteiger partial charge < -0.3 is 14.9 Å². The van der Waals surface area contributed by atoms with E-state index in [2.05, 4.69) is 21.4 Å². The summed E-state index contributed by atoms with van der Waals surface area (Å²) in [5.74, 6) is -0.266. The van der Waals surface area contributed by atoms with Gasteiger partial charge in [-0.05, 0) is 17.2 Å². The molecule has 134 valence electrons. The number of carbonyl (C=O) groups excluding carboxylic acids is 1. The molecule has 27 heavy (non-hydrogen) atoms. The van der Waals surface area contributed by atoms with Gasteiger partial charge in [-0.3, -0.25) is 9.59 Å². The molecular weight excluding hydrogens is 340 g/mol. The number of para-hydroxylation sites is 1. The molecule has 6 heteroatoms. The van der Waals surface area contributed by atoms with E-state index >= 15 is 0 Å². The molecule has 0 atom stereocenters. The second-order valence-electron chi connectivity index (χ2n) is 6.33. The number of imidazole rings is 1. The molecule has 6 nitrogen and oxygen atoms in total. The highest BCUT2D eigenvalue weighted by atomic mass is 16.2. The van der Waals surface area contributed by atoms with Crippen LogP contribution < -0.4 is 10.9 Å². The lowest BCUT2D eigenvalue weighted by Gasteiger charge is -2.09. The van der Waals surface area contributed by atoms with Crippen LogP contribution in [0.2, 0.25) is 0 Å². The van der Waals surface area contributed by atoms with Crippen LogP contribution in [0.1, 0.15) is 21.5 Å². The van der Waals surface area contributed by atoms with Crippen molar-refractivity contribution in [1.82, 2.24) is 19.9 Å². The van der Waals surface area contributed by atoms with Crippen molar-refractivity contribution in [3.8, 4) is 0 Å². The predicted molar refractivity (Wildman–Crippen MR) is 104 cm³/mol. The van der Waals surface area contributed by atoms with E-state index in [1.807, 2.05) is 47.2 Å². The highest BCUT2D eigenvalue weighted by Gasteiger charge is 2.11. The lowest BCUT2D eigenvalue weighted by atomic mass is 10.1. The van der Waals surface area contributed by atoms with Crippen molar-refractivity contribution in [2.45, 2.75) is 13.1 Å². The molecule has 0 aliphatic rings. The van der Waals surface area contributed by atoms with Gasteiger partial charge in [-0.15, -0.1) is 0 Å². The lowest BCUT2D eigenvalue weighted by Crippen LogP contribution is -2.24. The summed E-state index contributed by atoms with van der Waals surface area (Å²) in [5.41, 5.74) is 2.86. The van der Waals surface area contributed by atoms with Crippen LogP contribution in [-0.2, 0) is 13.1 Å². The fourth-order valence-corrected chi connectivity index (χ4v) is 3.10. The number of carbonyl (C=O) groups is 1. The Kier molecular flexibility index (Phi) is 4.53. The van der Waals surface area contributed by atoms with Crippen molar-refractivity contribution in [2.24, 2.45) is 0 Å². The first kappa shape index (κ1) is 16.8. The summed E-state index contributed by atoms with van der Waals surface area (Å²) in [4.78, 5) is 31.3. The van der Waals surface area contributed by atoms with Gasteiger partial charge in [-0.2, -0.15) is 0 Å². The van der Waals surface area contributed by atoms with Gasteiger partial charge in [0.1, 0.15) is 0 Å². The van der Waals surface area contributed by atoms with Crippen LogP contribution in [0.4, 0.5) is 0 Å². The van der Waals surface area contributed by atoms with E-state index in [0.717, 1.165) is 23.1 Å². The van der Waals surface area contributed by atoms with Crippen molar-refractivity contribution in [1.29, 1.82) is 0 Å². The number of amides is 1. The predicted octanol–water partition coefficient (Wildman–Crippen LogP) is 2.70. The highest BCUT2D eigenvalue weighted by molar-refractivity contribution is 6.05. The summed E-state index contributed by atoms with van der Waals surface area (Å²) in [7, 11) is 0.